The minimum atomic E-state index is -0.385. The second-order valence-electron chi connectivity index (χ2n) is 3.21. The number of hydrogen-bond donors (Lipinski definition) is 1. The zero-order valence-electron chi connectivity index (χ0n) is 8.42. The number of benzene rings is 1. The largest absolute Gasteiger partial charge is 0.369 e. The van der Waals surface area contributed by atoms with Crippen molar-refractivity contribution >= 4 is 5.91 Å². The van der Waals surface area contributed by atoms with Gasteiger partial charge >= 0.3 is 0 Å². The minimum Gasteiger partial charge on any atom is -0.369 e. The number of nitrogens with two attached hydrogens (primary N) is 1. The molecule has 1 aromatic rings. The van der Waals surface area contributed by atoms with Crippen LogP contribution in [0.4, 0.5) is 0 Å². The fourth-order valence-corrected chi connectivity index (χ4v) is 1.23. The van der Waals surface area contributed by atoms with Gasteiger partial charge < -0.3 is 5.73 Å². The number of rotatable bonds is 1. The standard InChI is InChI=1S/C12H13NO/c1-9-5-3-6-10(2)11(9)7-4-8-12(13)14/h3,5-6H,8H2,1-2H3,(H2,13,14). The third-order valence-corrected chi connectivity index (χ3v) is 1.96. The molecule has 0 radical (unpaired) electrons. The molecule has 14 heavy (non-hydrogen) atoms. The Morgan fingerprint density at radius 3 is 2.43 bits per heavy atom. The molecule has 72 valence electrons. The van der Waals surface area contributed by atoms with Crippen molar-refractivity contribution in [3.05, 3.63) is 34.9 Å². The number of amides is 1. The lowest BCUT2D eigenvalue weighted by atomic mass is 10.0. The summed E-state index contributed by atoms with van der Waals surface area (Å²) < 4.78 is 0. The lowest BCUT2D eigenvalue weighted by Gasteiger charge is -2.00. The maximum Gasteiger partial charge on any atom is 0.229 e. The van der Waals surface area contributed by atoms with Crippen molar-refractivity contribution < 1.29 is 4.79 Å². The third kappa shape index (κ3) is 2.63. The van der Waals surface area contributed by atoms with Crippen LogP contribution in [0.5, 0.6) is 0 Å². The fraction of sp³-hybridized carbons (Fsp3) is 0.250. The number of hydrogen-bond acceptors (Lipinski definition) is 1. The molecule has 0 aliphatic carbocycles. The molecule has 0 aliphatic heterocycles. The molecule has 0 saturated heterocycles. The highest BCUT2D eigenvalue weighted by atomic mass is 16.1. The molecule has 2 heteroatoms. The molecule has 0 aliphatic rings. The van der Waals surface area contributed by atoms with Gasteiger partial charge in [0.25, 0.3) is 0 Å². The Morgan fingerprint density at radius 2 is 1.93 bits per heavy atom. The molecule has 0 atom stereocenters. The predicted molar refractivity (Wildman–Crippen MR) is 56.6 cm³/mol. The van der Waals surface area contributed by atoms with E-state index in [0.717, 1.165) is 16.7 Å². The first-order chi connectivity index (χ1) is 6.61. The lowest BCUT2D eigenvalue weighted by Crippen LogP contribution is -2.08. The number of primary amides is 1. The second kappa shape index (κ2) is 4.48. The van der Waals surface area contributed by atoms with Crippen LogP contribution in [0.3, 0.4) is 0 Å². The summed E-state index contributed by atoms with van der Waals surface area (Å²) in [6.07, 6.45) is 0.119. The number of carbonyl (C=O) groups excluding carboxylic acids is 1. The van der Waals surface area contributed by atoms with Gasteiger partial charge in [0.1, 0.15) is 0 Å². The lowest BCUT2D eigenvalue weighted by molar-refractivity contribution is -0.117. The van der Waals surface area contributed by atoms with Crippen molar-refractivity contribution in [3.63, 3.8) is 0 Å². The van der Waals surface area contributed by atoms with Crippen molar-refractivity contribution in [2.24, 2.45) is 5.73 Å². The van der Waals surface area contributed by atoms with Gasteiger partial charge in [-0.1, -0.05) is 30.0 Å². The van der Waals surface area contributed by atoms with Crippen LogP contribution in [-0.4, -0.2) is 5.91 Å². The van der Waals surface area contributed by atoms with Crippen LogP contribution in [0.2, 0.25) is 0 Å². The summed E-state index contributed by atoms with van der Waals surface area (Å²) in [5.41, 5.74) is 8.24. The van der Waals surface area contributed by atoms with Crippen molar-refractivity contribution in [1.82, 2.24) is 0 Å². The Labute approximate surface area is 84.1 Å². The van der Waals surface area contributed by atoms with E-state index >= 15 is 0 Å². The van der Waals surface area contributed by atoms with Crippen molar-refractivity contribution in [1.29, 1.82) is 0 Å². The fourth-order valence-electron chi connectivity index (χ4n) is 1.23. The van der Waals surface area contributed by atoms with Crippen LogP contribution in [0.15, 0.2) is 18.2 Å². The Balaban J connectivity index is 2.94. The molecule has 0 spiro atoms. The molecular formula is C12H13NO. The van der Waals surface area contributed by atoms with Gasteiger partial charge in [-0.15, -0.1) is 0 Å². The smallest absolute Gasteiger partial charge is 0.229 e. The van der Waals surface area contributed by atoms with Gasteiger partial charge in [-0.05, 0) is 25.0 Å². The summed E-state index contributed by atoms with van der Waals surface area (Å²) in [5.74, 6) is 5.33. The molecule has 0 fully saturated rings. The van der Waals surface area contributed by atoms with E-state index in [1.54, 1.807) is 0 Å². The Morgan fingerprint density at radius 1 is 1.36 bits per heavy atom. The van der Waals surface area contributed by atoms with Crippen LogP contribution in [0, 0.1) is 25.7 Å². The zero-order valence-corrected chi connectivity index (χ0v) is 8.42. The monoisotopic (exact) mass is 187 g/mol. The Kier molecular flexibility index (Phi) is 3.30. The minimum absolute atomic E-state index is 0.119. The highest BCUT2D eigenvalue weighted by molar-refractivity contribution is 5.76. The van der Waals surface area contributed by atoms with Gasteiger partial charge in [-0.3, -0.25) is 4.79 Å². The predicted octanol–water partition coefficient (Wildman–Crippen LogP) is 1.53. The quantitative estimate of drug-likeness (QED) is 0.666. The third-order valence-electron chi connectivity index (χ3n) is 1.96. The van der Waals surface area contributed by atoms with Crippen LogP contribution < -0.4 is 5.73 Å². The SMILES string of the molecule is Cc1cccc(C)c1C#CCC(N)=O. The van der Waals surface area contributed by atoms with E-state index in [2.05, 4.69) is 11.8 Å². The molecule has 0 unspecified atom stereocenters. The van der Waals surface area contributed by atoms with Gasteiger partial charge in [0.05, 0.1) is 6.42 Å². The average molecular weight is 187 g/mol. The first-order valence-corrected chi connectivity index (χ1v) is 4.44. The molecule has 0 saturated carbocycles. The molecule has 1 amide bonds. The van der Waals surface area contributed by atoms with Gasteiger partial charge in [0, 0.05) is 5.56 Å². The number of carbonyl (C=O) groups is 1. The molecule has 0 aromatic heterocycles. The van der Waals surface area contributed by atoms with E-state index in [9.17, 15) is 4.79 Å². The molecular weight excluding hydrogens is 174 g/mol. The summed E-state index contributed by atoms with van der Waals surface area (Å²) in [5, 5.41) is 0. The van der Waals surface area contributed by atoms with Gasteiger partial charge in [-0.2, -0.15) is 0 Å². The summed E-state index contributed by atoms with van der Waals surface area (Å²) in [4.78, 5) is 10.5. The van der Waals surface area contributed by atoms with Crippen LogP contribution in [0.1, 0.15) is 23.1 Å². The zero-order chi connectivity index (χ0) is 10.6. The number of aryl methyl sites for hydroxylation is 2. The second-order valence-corrected chi connectivity index (χ2v) is 3.21. The van der Waals surface area contributed by atoms with E-state index in [4.69, 9.17) is 5.73 Å². The van der Waals surface area contributed by atoms with E-state index in [1.807, 2.05) is 32.0 Å². The van der Waals surface area contributed by atoms with Crippen LogP contribution in [0.25, 0.3) is 0 Å². The Bertz CT molecular complexity index is 390. The van der Waals surface area contributed by atoms with Crippen LogP contribution >= 0.6 is 0 Å². The first-order valence-electron chi connectivity index (χ1n) is 4.44. The molecule has 1 rings (SSSR count). The molecule has 2 nitrogen and oxygen atoms in total. The van der Waals surface area contributed by atoms with E-state index in [1.165, 1.54) is 0 Å². The van der Waals surface area contributed by atoms with Crippen molar-refractivity contribution in [2.75, 3.05) is 0 Å². The summed E-state index contributed by atoms with van der Waals surface area (Å²) in [7, 11) is 0. The highest BCUT2D eigenvalue weighted by Crippen LogP contribution is 2.11. The average Bonchev–Trinajstić information content (AvgIpc) is 2.09. The van der Waals surface area contributed by atoms with Gasteiger partial charge in [-0.25, -0.2) is 0 Å². The first kappa shape index (κ1) is 10.3. The van der Waals surface area contributed by atoms with Gasteiger partial charge in [0.2, 0.25) is 5.91 Å². The maximum atomic E-state index is 10.5. The molecule has 1 aromatic carbocycles. The highest BCUT2D eigenvalue weighted by Gasteiger charge is 1.97. The van der Waals surface area contributed by atoms with Crippen molar-refractivity contribution in [2.45, 2.75) is 20.3 Å². The molecule has 0 bridgehead atoms. The van der Waals surface area contributed by atoms with E-state index in [-0.39, 0.29) is 12.3 Å². The van der Waals surface area contributed by atoms with E-state index in [0.29, 0.717) is 0 Å². The summed E-state index contributed by atoms with van der Waals surface area (Å²) in [6, 6.07) is 5.99. The van der Waals surface area contributed by atoms with Crippen LogP contribution in [-0.2, 0) is 4.79 Å². The molecule has 2 N–H and O–H groups in total. The molecule has 0 heterocycles. The topological polar surface area (TPSA) is 43.1 Å². The van der Waals surface area contributed by atoms with Gasteiger partial charge in [0.15, 0.2) is 0 Å². The summed E-state index contributed by atoms with van der Waals surface area (Å²) >= 11 is 0. The summed E-state index contributed by atoms with van der Waals surface area (Å²) in [6.45, 7) is 4.00. The van der Waals surface area contributed by atoms with Crippen molar-refractivity contribution in [3.8, 4) is 11.8 Å². The normalized spacial score (nSPS) is 9.00. The van der Waals surface area contributed by atoms with E-state index < -0.39 is 0 Å². The Hall–Kier alpha value is -1.75. The maximum absolute atomic E-state index is 10.5.